The van der Waals surface area contributed by atoms with Crippen molar-refractivity contribution in [1.82, 2.24) is 20.2 Å². The van der Waals surface area contributed by atoms with Crippen molar-refractivity contribution < 1.29 is 9.90 Å². The van der Waals surface area contributed by atoms with E-state index in [0.717, 1.165) is 5.56 Å². The first-order valence-electron chi connectivity index (χ1n) is 6.29. The third kappa shape index (κ3) is 2.80. The van der Waals surface area contributed by atoms with Crippen LogP contribution in [-0.2, 0) is 4.79 Å². The van der Waals surface area contributed by atoms with Crippen molar-refractivity contribution in [1.29, 1.82) is 0 Å². The molecule has 106 valence electrons. The van der Waals surface area contributed by atoms with E-state index in [1.807, 2.05) is 32.0 Å². The quantitative estimate of drug-likeness (QED) is 0.917. The summed E-state index contributed by atoms with van der Waals surface area (Å²) < 4.78 is 1.54. The summed E-state index contributed by atoms with van der Waals surface area (Å²) in [5.74, 6) is -0.388. The minimum Gasteiger partial charge on any atom is -0.481 e. The van der Waals surface area contributed by atoms with Gasteiger partial charge >= 0.3 is 5.97 Å². The molecule has 0 aliphatic rings. The molecule has 0 amide bonds. The number of benzene rings is 1. The van der Waals surface area contributed by atoms with E-state index in [4.69, 9.17) is 16.7 Å². The highest BCUT2D eigenvalue weighted by molar-refractivity contribution is 6.33. The molecule has 2 rings (SSSR count). The molecule has 0 fully saturated rings. The van der Waals surface area contributed by atoms with Crippen molar-refractivity contribution >= 4 is 17.6 Å². The molecular weight excluding hydrogens is 280 g/mol. The SMILES string of the molecule is CCC(CC(=O)O)n1nnnc1-c1cccc(C)c1Cl. The zero-order valence-corrected chi connectivity index (χ0v) is 12.0. The molecule has 1 unspecified atom stereocenters. The number of rotatable bonds is 5. The van der Waals surface area contributed by atoms with Crippen molar-refractivity contribution in [2.45, 2.75) is 32.7 Å². The Morgan fingerprint density at radius 3 is 2.90 bits per heavy atom. The Hall–Kier alpha value is -1.95. The molecule has 0 aliphatic heterocycles. The predicted octanol–water partition coefficient (Wildman–Crippen LogP) is 2.73. The van der Waals surface area contributed by atoms with Gasteiger partial charge in [0.15, 0.2) is 5.82 Å². The molecule has 0 saturated heterocycles. The molecule has 0 aliphatic carbocycles. The van der Waals surface area contributed by atoms with Gasteiger partial charge in [-0.1, -0.05) is 30.7 Å². The average molecular weight is 295 g/mol. The van der Waals surface area contributed by atoms with Gasteiger partial charge in [0, 0.05) is 5.56 Å². The van der Waals surface area contributed by atoms with E-state index in [1.54, 1.807) is 0 Å². The number of halogens is 1. The number of hydrogen-bond acceptors (Lipinski definition) is 4. The fourth-order valence-electron chi connectivity index (χ4n) is 2.04. The van der Waals surface area contributed by atoms with Crippen LogP contribution in [-0.4, -0.2) is 31.3 Å². The summed E-state index contributed by atoms with van der Waals surface area (Å²) >= 11 is 6.29. The van der Waals surface area contributed by atoms with Crippen molar-refractivity contribution in [3.05, 3.63) is 28.8 Å². The van der Waals surface area contributed by atoms with E-state index >= 15 is 0 Å². The van der Waals surface area contributed by atoms with Crippen LogP contribution in [0.15, 0.2) is 18.2 Å². The Kier molecular flexibility index (Phi) is 4.34. The number of carboxylic acid groups (broad SMARTS) is 1. The van der Waals surface area contributed by atoms with Gasteiger partial charge in [-0.2, -0.15) is 0 Å². The summed E-state index contributed by atoms with van der Waals surface area (Å²) in [7, 11) is 0. The topological polar surface area (TPSA) is 80.9 Å². The third-order valence-electron chi connectivity index (χ3n) is 3.15. The van der Waals surface area contributed by atoms with Crippen LogP contribution in [0.3, 0.4) is 0 Å². The van der Waals surface area contributed by atoms with Gasteiger partial charge in [0.05, 0.1) is 17.5 Å². The van der Waals surface area contributed by atoms with Crippen molar-refractivity contribution in [3.63, 3.8) is 0 Å². The first-order valence-corrected chi connectivity index (χ1v) is 6.67. The second kappa shape index (κ2) is 6.00. The van der Waals surface area contributed by atoms with Crippen molar-refractivity contribution in [3.8, 4) is 11.4 Å². The molecule has 20 heavy (non-hydrogen) atoms. The van der Waals surface area contributed by atoms with Gasteiger partial charge in [0.1, 0.15) is 0 Å². The molecule has 2 aromatic rings. The van der Waals surface area contributed by atoms with Crippen LogP contribution in [0.4, 0.5) is 0 Å². The number of aliphatic carboxylic acids is 1. The van der Waals surface area contributed by atoms with Crippen LogP contribution in [0.2, 0.25) is 5.02 Å². The lowest BCUT2D eigenvalue weighted by Crippen LogP contribution is -2.15. The van der Waals surface area contributed by atoms with Crippen LogP contribution in [0.5, 0.6) is 0 Å². The maximum atomic E-state index is 10.9. The number of aromatic nitrogens is 4. The Balaban J connectivity index is 2.47. The van der Waals surface area contributed by atoms with Gasteiger partial charge in [-0.25, -0.2) is 4.68 Å². The summed E-state index contributed by atoms with van der Waals surface area (Å²) in [6.07, 6.45) is 0.589. The van der Waals surface area contributed by atoms with E-state index in [1.165, 1.54) is 4.68 Å². The average Bonchev–Trinajstić information content (AvgIpc) is 2.88. The van der Waals surface area contributed by atoms with Crippen LogP contribution < -0.4 is 0 Å². The number of tetrazole rings is 1. The third-order valence-corrected chi connectivity index (χ3v) is 3.65. The van der Waals surface area contributed by atoms with Crippen LogP contribution >= 0.6 is 11.6 Å². The van der Waals surface area contributed by atoms with Gasteiger partial charge < -0.3 is 5.11 Å². The van der Waals surface area contributed by atoms with Crippen molar-refractivity contribution in [2.24, 2.45) is 0 Å². The smallest absolute Gasteiger partial charge is 0.305 e. The highest BCUT2D eigenvalue weighted by Gasteiger charge is 2.21. The molecule has 6 nitrogen and oxygen atoms in total. The summed E-state index contributed by atoms with van der Waals surface area (Å²) in [6, 6.07) is 5.29. The normalized spacial score (nSPS) is 12.3. The standard InChI is InChI=1S/C13H15ClN4O2/c1-3-9(7-11(19)20)18-13(15-16-17-18)10-6-4-5-8(2)12(10)14/h4-6,9H,3,7H2,1-2H3,(H,19,20). The summed E-state index contributed by atoms with van der Waals surface area (Å²) in [4.78, 5) is 10.9. The number of aryl methyl sites for hydroxylation is 1. The first kappa shape index (κ1) is 14.5. The van der Waals surface area contributed by atoms with E-state index < -0.39 is 5.97 Å². The molecule has 0 bridgehead atoms. The van der Waals surface area contributed by atoms with Crippen LogP contribution in [0, 0.1) is 6.92 Å². The van der Waals surface area contributed by atoms with Gasteiger partial charge in [-0.05, 0) is 35.4 Å². The highest BCUT2D eigenvalue weighted by atomic mass is 35.5. The Bertz CT molecular complexity index is 627. The zero-order chi connectivity index (χ0) is 14.7. The lowest BCUT2D eigenvalue weighted by Gasteiger charge is -2.15. The minimum atomic E-state index is -0.881. The molecule has 1 aromatic heterocycles. The predicted molar refractivity (Wildman–Crippen MR) is 74.6 cm³/mol. The van der Waals surface area contributed by atoms with Gasteiger partial charge in [0.25, 0.3) is 0 Å². The maximum absolute atomic E-state index is 10.9. The van der Waals surface area contributed by atoms with Gasteiger partial charge in [0.2, 0.25) is 0 Å². The summed E-state index contributed by atoms with van der Waals surface area (Å²) in [5.41, 5.74) is 1.63. The molecule has 1 aromatic carbocycles. The fraction of sp³-hybridized carbons (Fsp3) is 0.385. The molecular formula is C13H15ClN4O2. The second-order valence-corrected chi connectivity index (χ2v) is 4.92. The van der Waals surface area contributed by atoms with Crippen LogP contribution in [0.25, 0.3) is 11.4 Å². The monoisotopic (exact) mass is 294 g/mol. The maximum Gasteiger partial charge on any atom is 0.305 e. The molecule has 1 N–H and O–H groups in total. The Morgan fingerprint density at radius 1 is 1.50 bits per heavy atom. The second-order valence-electron chi connectivity index (χ2n) is 4.54. The van der Waals surface area contributed by atoms with Crippen molar-refractivity contribution in [2.75, 3.05) is 0 Å². The lowest BCUT2D eigenvalue weighted by molar-refractivity contribution is -0.138. The number of hydrogen-bond donors (Lipinski definition) is 1. The lowest BCUT2D eigenvalue weighted by atomic mass is 10.1. The molecule has 0 radical (unpaired) electrons. The zero-order valence-electron chi connectivity index (χ0n) is 11.2. The van der Waals surface area contributed by atoms with Crippen LogP contribution in [0.1, 0.15) is 31.4 Å². The van der Waals surface area contributed by atoms with E-state index in [0.29, 0.717) is 22.8 Å². The highest BCUT2D eigenvalue weighted by Crippen LogP contribution is 2.30. The number of nitrogens with zero attached hydrogens (tertiary/aromatic N) is 4. The van der Waals surface area contributed by atoms with Gasteiger partial charge in [-0.3, -0.25) is 4.79 Å². The van der Waals surface area contributed by atoms with E-state index in [2.05, 4.69) is 15.5 Å². The molecule has 1 atom stereocenters. The molecule has 7 heteroatoms. The minimum absolute atomic E-state index is 0.0298. The summed E-state index contributed by atoms with van der Waals surface area (Å²) in [6.45, 7) is 3.80. The Morgan fingerprint density at radius 2 is 2.25 bits per heavy atom. The van der Waals surface area contributed by atoms with Gasteiger partial charge in [-0.15, -0.1) is 5.10 Å². The molecule has 0 spiro atoms. The largest absolute Gasteiger partial charge is 0.481 e. The van der Waals surface area contributed by atoms with E-state index in [-0.39, 0.29) is 12.5 Å². The summed E-state index contributed by atoms with van der Waals surface area (Å²) in [5, 5.41) is 21.1. The first-order chi connectivity index (χ1) is 9.54. The Labute approximate surface area is 121 Å². The fourth-order valence-corrected chi connectivity index (χ4v) is 2.25. The molecule has 0 saturated carbocycles. The van der Waals surface area contributed by atoms with E-state index in [9.17, 15) is 4.79 Å². The number of carbonyl (C=O) groups is 1. The number of carboxylic acids is 1. The molecule has 1 heterocycles.